The van der Waals surface area contributed by atoms with E-state index in [2.05, 4.69) is 10.0 Å². The molecule has 1 aliphatic rings. The monoisotopic (exact) mass is 364 g/mol. The van der Waals surface area contributed by atoms with Crippen LogP contribution in [0.1, 0.15) is 18.1 Å². The topological polar surface area (TPSA) is 95.5 Å². The number of aliphatic hydroxyl groups is 1. The number of rotatable bonds is 5. The van der Waals surface area contributed by atoms with Crippen LogP contribution in [0.3, 0.4) is 0 Å². The van der Waals surface area contributed by atoms with E-state index < -0.39 is 21.4 Å². The Labute approximate surface area is 144 Å². The van der Waals surface area contributed by atoms with Crippen molar-refractivity contribution in [3.63, 3.8) is 0 Å². The lowest BCUT2D eigenvalue weighted by molar-refractivity contribution is -0.115. The lowest BCUT2D eigenvalue weighted by Gasteiger charge is -2.24. The van der Waals surface area contributed by atoms with Crippen molar-refractivity contribution in [2.45, 2.75) is 23.8 Å². The van der Waals surface area contributed by atoms with Crippen molar-refractivity contribution in [3.8, 4) is 0 Å². The summed E-state index contributed by atoms with van der Waals surface area (Å²) in [4.78, 5) is 11.4. The Bertz CT molecular complexity index is 924. The van der Waals surface area contributed by atoms with Gasteiger partial charge in [-0.3, -0.25) is 4.79 Å². The van der Waals surface area contributed by atoms with Crippen LogP contribution in [0, 0.1) is 5.82 Å². The molecule has 0 radical (unpaired) electrons. The van der Waals surface area contributed by atoms with Crippen molar-refractivity contribution in [2.75, 3.05) is 11.9 Å². The van der Waals surface area contributed by atoms with E-state index in [0.29, 0.717) is 16.8 Å². The van der Waals surface area contributed by atoms with Crippen LogP contribution in [0.25, 0.3) is 0 Å². The molecule has 0 bridgehead atoms. The van der Waals surface area contributed by atoms with Gasteiger partial charge in [0, 0.05) is 12.2 Å². The number of halogens is 1. The summed E-state index contributed by atoms with van der Waals surface area (Å²) in [7, 11) is -3.87. The minimum absolute atomic E-state index is 0.0117. The minimum atomic E-state index is -3.87. The summed E-state index contributed by atoms with van der Waals surface area (Å²) in [6.07, 6.45) is 0.131. The molecule has 0 fully saturated rings. The molecule has 8 heteroatoms. The molecule has 0 aromatic heterocycles. The molecule has 3 rings (SSSR count). The van der Waals surface area contributed by atoms with Crippen molar-refractivity contribution in [1.29, 1.82) is 0 Å². The number of hydrogen-bond acceptors (Lipinski definition) is 4. The van der Waals surface area contributed by atoms with Gasteiger partial charge in [0.05, 0.1) is 11.3 Å². The summed E-state index contributed by atoms with van der Waals surface area (Å²) in [5.41, 5.74) is 0.0930. The zero-order chi connectivity index (χ0) is 18.2. The van der Waals surface area contributed by atoms with Gasteiger partial charge in [0.2, 0.25) is 15.9 Å². The summed E-state index contributed by atoms with van der Waals surface area (Å²) < 4.78 is 40.3. The van der Waals surface area contributed by atoms with E-state index in [1.54, 1.807) is 0 Å². The van der Waals surface area contributed by atoms with Gasteiger partial charge in [0.25, 0.3) is 0 Å². The molecule has 0 saturated heterocycles. The van der Waals surface area contributed by atoms with Crippen LogP contribution in [0.15, 0.2) is 47.4 Å². The number of sulfonamides is 1. The van der Waals surface area contributed by atoms with Crippen molar-refractivity contribution >= 4 is 21.6 Å². The zero-order valence-corrected chi connectivity index (χ0v) is 14.2. The Morgan fingerprint density at radius 1 is 1.24 bits per heavy atom. The molecule has 1 heterocycles. The Morgan fingerprint density at radius 3 is 2.60 bits per heavy atom. The first-order valence-electron chi connectivity index (χ1n) is 7.58. The third-order valence-corrected chi connectivity index (χ3v) is 5.48. The number of anilines is 1. The van der Waals surface area contributed by atoms with Crippen LogP contribution in [-0.4, -0.2) is 26.0 Å². The van der Waals surface area contributed by atoms with Gasteiger partial charge in [0.1, 0.15) is 11.4 Å². The van der Waals surface area contributed by atoms with Gasteiger partial charge >= 0.3 is 0 Å². The highest BCUT2D eigenvalue weighted by Gasteiger charge is 2.27. The molecule has 1 unspecified atom stereocenters. The molecule has 6 nitrogen and oxygen atoms in total. The fourth-order valence-corrected chi connectivity index (χ4v) is 3.79. The van der Waals surface area contributed by atoms with Gasteiger partial charge in [-0.2, -0.15) is 0 Å². The van der Waals surface area contributed by atoms with Crippen LogP contribution in [-0.2, 0) is 26.8 Å². The Kier molecular flexibility index (Phi) is 4.36. The second-order valence-electron chi connectivity index (χ2n) is 6.15. The average molecular weight is 364 g/mol. The summed E-state index contributed by atoms with van der Waals surface area (Å²) >= 11 is 0. The predicted molar refractivity (Wildman–Crippen MR) is 89.9 cm³/mol. The molecule has 25 heavy (non-hydrogen) atoms. The van der Waals surface area contributed by atoms with Crippen LogP contribution < -0.4 is 10.0 Å². The first-order valence-corrected chi connectivity index (χ1v) is 9.07. The number of carbonyl (C=O) groups is 1. The van der Waals surface area contributed by atoms with E-state index in [0.717, 1.165) is 0 Å². The molecule has 1 aliphatic heterocycles. The van der Waals surface area contributed by atoms with E-state index in [9.17, 15) is 22.7 Å². The minimum Gasteiger partial charge on any atom is -0.384 e. The third-order valence-electron chi connectivity index (χ3n) is 4.08. The SMILES string of the molecule is CC(O)(CNS(=O)(=O)c1ccc2c(c1)CC(=O)N2)c1ccc(F)cc1. The molecule has 0 aliphatic carbocycles. The maximum atomic E-state index is 13.0. The lowest BCUT2D eigenvalue weighted by Crippen LogP contribution is -2.38. The predicted octanol–water partition coefficient (Wildman–Crippen LogP) is 1.51. The van der Waals surface area contributed by atoms with Crippen LogP contribution in [0.2, 0.25) is 0 Å². The van der Waals surface area contributed by atoms with E-state index in [4.69, 9.17) is 0 Å². The molecule has 1 amide bonds. The average Bonchev–Trinajstić information content (AvgIpc) is 2.93. The number of nitrogens with one attached hydrogen (secondary N) is 2. The fourth-order valence-electron chi connectivity index (χ4n) is 2.60. The highest BCUT2D eigenvalue weighted by Crippen LogP contribution is 2.26. The highest BCUT2D eigenvalue weighted by atomic mass is 32.2. The highest BCUT2D eigenvalue weighted by molar-refractivity contribution is 7.89. The van der Waals surface area contributed by atoms with E-state index >= 15 is 0 Å². The van der Waals surface area contributed by atoms with Crippen molar-refractivity contribution in [1.82, 2.24) is 4.72 Å². The maximum absolute atomic E-state index is 13.0. The number of benzene rings is 2. The van der Waals surface area contributed by atoms with Crippen molar-refractivity contribution in [3.05, 3.63) is 59.4 Å². The molecule has 0 saturated carbocycles. The fraction of sp³-hybridized carbons (Fsp3) is 0.235. The Balaban J connectivity index is 1.77. The molecular formula is C17H17FN2O4S. The number of amides is 1. The molecule has 2 aromatic carbocycles. The van der Waals surface area contributed by atoms with Crippen molar-refractivity contribution in [2.24, 2.45) is 0 Å². The summed E-state index contributed by atoms with van der Waals surface area (Å²) in [5.74, 6) is -0.627. The molecule has 3 N–H and O–H groups in total. The smallest absolute Gasteiger partial charge is 0.240 e. The van der Waals surface area contributed by atoms with Gasteiger partial charge in [-0.15, -0.1) is 0 Å². The first-order chi connectivity index (χ1) is 11.7. The maximum Gasteiger partial charge on any atom is 0.240 e. The van der Waals surface area contributed by atoms with Crippen LogP contribution in [0.4, 0.5) is 10.1 Å². The first kappa shape index (κ1) is 17.5. The molecule has 2 aromatic rings. The number of carbonyl (C=O) groups excluding carboxylic acids is 1. The number of fused-ring (bicyclic) bond motifs is 1. The van der Waals surface area contributed by atoms with Gasteiger partial charge in [-0.1, -0.05) is 12.1 Å². The molecule has 0 spiro atoms. The van der Waals surface area contributed by atoms with E-state index in [1.165, 1.54) is 49.4 Å². The van der Waals surface area contributed by atoms with Gasteiger partial charge < -0.3 is 10.4 Å². The Hall–Kier alpha value is -2.29. The lowest BCUT2D eigenvalue weighted by atomic mass is 9.96. The summed E-state index contributed by atoms with van der Waals surface area (Å²) in [6, 6.07) is 9.55. The van der Waals surface area contributed by atoms with Crippen LogP contribution >= 0.6 is 0 Å². The standard InChI is InChI=1S/C17H17FN2O4S/c1-17(22,12-2-4-13(18)5-3-12)10-19-25(23,24)14-6-7-15-11(8-14)9-16(21)20-15/h2-8,19,22H,9-10H2,1H3,(H,20,21). The van der Waals surface area contributed by atoms with Gasteiger partial charge in [-0.05, 0) is 48.4 Å². The van der Waals surface area contributed by atoms with E-state index in [1.807, 2.05) is 0 Å². The summed E-state index contributed by atoms with van der Waals surface area (Å²) in [5, 5.41) is 13.1. The zero-order valence-electron chi connectivity index (χ0n) is 13.4. The normalized spacial score (nSPS) is 16.2. The van der Waals surface area contributed by atoms with E-state index in [-0.39, 0.29) is 23.8 Å². The largest absolute Gasteiger partial charge is 0.384 e. The quantitative estimate of drug-likeness (QED) is 0.749. The second-order valence-corrected chi connectivity index (χ2v) is 7.92. The van der Waals surface area contributed by atoms with Gasteiger partial charge in [0.15, 0.2) is 0 Å². The molecular weight excluding hydrogens is 347 g/mol. The Morgan fingerprint density at radius 2 is 1.92 bits per heavy atom. The third kappa shape index (κ3) is 3.71. The molecule has 1 atom stereocenters. The van der Waals surface area contributed by atoms with Gasteiger partial charge in [-0.25, -0.2) is 17.5 Å². The van der Waals surface area contributed by atoms with Crippen molar-refractivity contribution < 1.29 is 22.7 Å². The second kappa shape index (κ2) is 6.21. The summed E-state index contributed by atoms with van der Waals surface area (Å²) in [6.45, 7) is 1.16. The number of hydrogen-bond donors (Lipinski definition) is 3. The van der Waals surface area contributed by atoms with Crippen LogP contribution in [0.5, 0.6) is 0 Å². The molecule has 132 valence electrons.